The molecule has 0 spiro atoms. The van der Waals surface area contributed by atoms with Crippen LogP contribution in [0, 0.1) is 10.8 Å². The number of benzene rings is 1. The molecule has 0 unspecified atom stereocenters. The maximum Gasteiger partial charge on any atom is 0.253 e. The minimum Gasteiger partial charge on any atom is -0.398 e. The molecule has 116 valence electrons. The van der Waals surface area contributed by atoms with Gasteiger partial charge < -0.3 is 11.1 Å². The van der Waals surface area contributed by atoms with E-state index in [4.69, 9.17) is 17.3 Å². The Morgan fingerprint density at radius 3 is 2.38 bits per heavy atom. The van der Waals surface area contributed by atoms with E-state index in [1.807, 2.05) is 0 Å². The van der Waals surface area contributed by atoms with Crippen LogP contribution in [-0.4, -0.2) is 11.9 Å². The first-order valence-electron chi connectivity index (χ1n) is 7.45. The Balaban J connectivity index is 2.14. The predicted octanol–water partition coefficient (Wildman–Crippen LogP) is 4.26. The number of hydrogen-bond donors (Lipinski definition) is 2. The van der Waals surface area contributed by atoms with Gasteiger partial charge in [-0.05, 0) is 42.2 Å². The predicted molar refractivity (Wildman–Crippen MR) is 88.5 cm³/mol. The molecule has 0 aliphatic heterocycles. The Kier molecular flexibility index (Phi) is 4.25. The number of anilines is 1. The van der Waals surface area contributed by atoms with Gasteiger partial charge in [0.25, 0.3) is 5.91 Å². The van der Waals surface area contributed by atoms with Gasteiger partial charge in [0.2, 0.25) is 0 Å². The SMILES string of the molecule is CC1(C)CC(NC(=O)c2cccc(N)c2Cl)CC(C)(C)C1. The van der Waals surface area contributed by atoms with Crippen molar-refractivity contribution in [2.75, 3.05) is 5.73 Å². The van der Waals surface area contributed by atoms with Crippen molar-refractivity contribution in [3.8, 4) is 0 Å². The molecule has 21 heavy (non-hydrogen) atoms. The number of nitrogens with one attached hydrogen (secondary N) is 1. The van der Waals surface area contributed by atoms with E-state index in [-0.39, 0.29) is 22.8 Å². The summed E-state index contributed by atoms with van der Waals surface area (Å²) in [6.45, 7) is 9.06. The van der Waals surface area contributed by atoms with Crippen molar-refractivity contribution in [1.82, 2.24) is 5.32 Å². The lowest BCUT2D eigenvalue weighted by atomic mass is 9.63. The Morgan fingerprint density at radius 1 is 1.24 bits per heavy atom. The lowest BCUT2D eigenvalue weighted by Gasteiger charge is -2.45. The average molecular weight is 309 g/mol. The average Bonchev–Trinajstić information content (AvgIpc) is 2.28. The molecule has 0 aromatic heterocycles. The van der Waals surface area contributed by atoms with E-state index in [9.17, 15) is 4.79 Å². The molecule has 3 nitrogen and oxygen atoms in total. The summed E-state index contributed by atoms with van der Waals surface area (Å²) < 4.78 is 0. The van der Waals surface area contributed by atoms with E-state index in [1.165, 1.54) is 6.42 Å². The van der Waals surface area contributed by atoms with Crippen molar-refractivity contribution < 1.29 is 4.79 Å². The summed E-state index contributed by atoms with van der Waals surface area (Å²) in [5.41, 5.74) is 7.13. The molecule has 0 radical (unpaired) electrons. The van der Waals surface area contributed by atoms with Crippen LogP contribution in [0.3, 0.4) is 0 Å². The van der Waals surface area contributed by atoms with E-state index in [0.717, 1.165) is 12.8 Å². The third-order valence-electron chi connectivity index (χ3n) is 4.16. The van der Waals surface area contributed by atoms with Crippen molar-refractivity contribution in [3.63, 3.8) is 0 Å². The zero-order valence-electron chi connectivity index (χ0n) is 13.3. The minimum atomic E-state index is -0.134. The molecular formula is C17H25ClN2O. The van der Waals surface area contributed by atoms with Gasteiger partial charge in [-0.2, -0.15) is 0 Å². The third kappa shape index (κ3) is 3.91. The molecule has 4 heteroatoms. The standard InChI is InChI=1S/C17H25ClN2O/c1-16(2)8-11(9-17(3,4)10-16)20-15(21)12-6-5-7-13(19)14(12)18/h5-7,11H,8-10,19H2,1-4H3,(H,20,21). The number of halogens is 1. The van der Waals surface area contributed by atoms with Gasteiger partial charge in [0.15, 0.2) is 0 Å². The maximum atomic E-state index is 12.5. The van der Waals surface area contributed by atoms with Crippen molar-refractivity contribution in [1.29, 1.82) is 0 Å². The van der Waals surface area contributed by atoms with E-state index in [1.54, 1.807) is 18.2 Å². The molecule has 1 aliphatic rings. The van der Waals surface area contributed by atoms with Crippen LogP contribution in [0.1, 0.15) is 57.3 Å². The molecule has 0 heterocycles. The van der Waals surface area contributed by atoms with Crippen LogP contribution in [0.4, 0.5) is 5.69 Å². The first-order chi connectivity index (χ1) is 9.60. The Bertz CT molecular complexity index is 536. The van der Waals surface area contributed by atoms with Crippen molar-refractivity contribution in [3.05, 3.63) is 28.8 Å². The highest BCUT2D eigenvalue weighted by atomic mass is 35.5. The largest absolute Gasteiger partial charge is 0.398 e. The highest BCUT2D eigenvalue weighted by Crippen LogP contribution is 2.45. The van der Waals surface area contributed by atoms with Gasteiger partial charge in [-0.25, -0.2) is 0 Å². The van der Waals surface area contributed by atoms with Crippen LogP contribution in [0.25, 0.3) is 0 Å². The molecule has 1 aliphatic carbocycles. The van der Waals surface area contributed by atoms with Gasteiger partial charge in [-0.1, -0.05) is 45.4 Å². The van der Waals surface area contributed by atoms with Gasteiger partial charge in [0, 0.05) is 6.04 Å². The second-order valence-electron chi connectivity index (χ2n) is 7.79. The Hall–Kier alpha value is -1.22. The lowest BCUT2D eigenvalue weighted by Crippen LogP contribution is -2.46. The Morgan fingerprint density at radius 2 is 1.81 bits per heavy atom. The van der Waals surface area contributed by atoms with Crippen LogP contribution >= 0.6 is 11.6 Å². The summed E-state index contributed by atoms with van der Waals surface area (Å²) in [6.07, 6.45) is 3.15. The number of nitrogens with two attached hydrogens (primary N) is 1. The fraction of sp³-hybridized carbons (Fsp3) is 0.588. The second-order valence-corrected chi connectivity index (χ2v) is 8.17. The Labute approximate surface area is 132 Å². The summed E-state index contributed by atoms with van der Waals surface area (Å²) >= 11 is 6.13. The molecule has 1 amide bonds. The third-order valence-corrected chi connectivity index (χ3v) is 4.59. The highest BCUT2D eigenvalue weighted by Gasteiger charge is 2.39. The second kappa shape index (κ2) is 5.53. The molecule has 2 rings (SSSR count). The number of rotatable bonds is 2. The molecule has 1 aromatic rings. The van der Waals surface area contributed by atoms with Crippen molar-refractivity contribution in [2.24, 2.45) is 10.8 Å². The number of carbonyl (C=O) groups is 1. The van der Waals surface area contributed by atoms with E-state index < -0.39 is 0 Å². The molecule has 1 saturated carbocycles. The van der Waals surface area contributed by atoms with Crippen LogP contribution in [0.15, 0.2) is 18.2 Å². The topological polar surface area (TPSA) is 55.1 Å². The van der Waals surface area contributed by atoms with Crippen LogP contribution < -0.4 is 11.1 Å². The summed E-state index contributed by atoms with van der Waals surface area (Å²) in [4.78, 5) is 12.5. The maximum absolute atomic E-state index is 12.5. The quantitative estimate of drug-likeness (QED) is 0.802. The van der Waals surface area contributed by atoms with Crippen LogP contribution in [-0.2, 0) is 0 Å². The molecular weight excluding hydrogens is 284 g/mol. The van der Waals surface area contributed by atoms with Gasteiger partial charge in [0.05, 0.1) is 16.3 Å². The van der Waals surface area contributed by atoms with Gasteiger partial charge in [-0.3, -0.25) is 4.79 Å². The summed E-state index contributed by atoms with van der Waals surface area (Å²) in [5.74, 6) is -0.134. The zero-order chi connectivity index (χ0) is 15.8. The molecule has 3 N–H and O–H groups in total. The van der Waals surface area contributed by atoms with Crippen LogP contribution in [0.5, 0.6) is 0 Å². The fourth-order valence-corrected chi connectivity index (χ4v) is 4.15. The van der Waals surface area contributed by atoms with E-state index >= 15 is 0 Å². The number of carbonyl (C=O) groups excluding carboxylic acids is 1. The molecule has 1 aromatic carbocycles. The van der Waals surface area contributed by atoms with Crippen molar-refractivity contribution in [2.45, 2.75) is 53.0 Å². The fourth-order valence-electron chi connectivity index (χ4n) is 3.94. The first-order valence-corrected chi connectivity index (χ1v) is 7.82. The smallest absolute Gasteiger partial charge is 0.253 e. The first kappa shape index (κ1) is 16.2. The molecule has 1 fully saturated rings. The summed E-state index contributed by atoms with van der Waals surface area (Å²) in [6, 6.07) is 5.35. The van der Waals surface area contributed by atoms with Crippen molar-refractivity contribution >= 4 is 23.2 Å². The number of hydrogen-bond acceptors (Lipinski definition) is 2. The summed E-state index contributed by atoms with van der Waals surface area (Å²) in [7, 11) is 0. The van der Waals surface area contributed by atoms with Crippen LogP contribution in [0.2, 0.25) is 5.02 Å². The van der Waals surface area contributed by atoms with E-state index in [2.05, 4.69) is 33.0 Å². The molecule has 0 bridgehead atoms. The monoisotopic (exact) mass is 308 g/mol. The van der Waals surface area contributed by atoms with Gasteiger partial charge in [0.1, 0.15) is 0 Å². The minimum absolute atomic E-state index is 0.134. The highest BCUT2D eigenvalue weighted by molar-refractivity contribution is 6.36. The number of nitrogen functional groups attached to an aromatic ring is 1. The molecule has 0 saturated heterocycles. The number of amides is 1. The lowest BCUT2D eigenvalue weighted by molar-refractivity contribution is 0.0714. The van der Waals surface area contributed by atoms with Gasteiger partial charge in [-0.15, -0.1) is 0 Å². The molecule has 0 atom stereocenters. The van der Waals surface area contributed by atoms with Gasteiger partial charge >= 0.3 is 0 Å². The summed E-state index contributed by atoms with van der Waals surface area (Å²) in [5, 5.41) is 3.47. The zero-order valence-corrected chi connectivity index (χ0v) is 14.1. The normalized spacial score (nSPS) is 21.0. The van der Waals surface area contributed by atoms with E-state index in [0.29, 0.717) is 16.3 Å².